The molecule has 3 aromatic carbocycles. The fraction of sp³-hybridized carbons (Fsp3) is 0.0476. The van der Waals surface area contributed by atoms with E-state index in [1.807, 2.05) is 6.92 Å². The van der Waals surface area contributed by atoms with Crippen LogP contribution in [-0.4, -0.2) is 20.1 Å². The van der Waals surface area contributed by atoms with Crippen LogP contribution in [0.2, 0.25) is 5.02 Å². The van der Waals surface area contributed by atoms with Gasteiger partial charge < -0.3 is 5.32 Å². The van der Waals surface area contributed by atoms with E-state index in [2.05, 4.69) is 5.32 Å². The summed E-state index contributed by atoms with van der Waals surface area (Å²) < 4.78 is 25.9. The molecule has 1 amide bonds. The number of fused-ring (bicyclic) bond motifs is 2. The average molecular weight is 412 g/mol. The van der Waals surface area contributed by atoms with E-state index in [-0.39, 0.29) is 32.3 Å². The van der Waals surface area contributed by atoms with Crippen LogP contribution in [0.4, 0.5) is 5.69 Å². The summed E-state index contributed by atoms with van der Waals surface area (Å²) in [5.41, 5.74) is 1.68. The van der Waals surface area contributed by atoms with Crippen molar-refractivity contribution >= 4 is 38.8 Å². The molecule has 0 radical (unpaired) electrons. The maximum atomic E-state index is 13.0. The Hall–Kier alpha value is -2.96. The van der Waals surface area contributed by atoms with E-state index in [9.17, 15) is 18.0 Å². The van der Waals surface area contributed by atoms with Gasteiger partial charge in [0.1, 0.15) is 0 Å². The fourth-order valence-electron chi connectivity index (χ4n) is 3.15. The molecule has 0 aliphatic carbocycles. The van der Waals surface area contributed by atoms with Crippen LogP contribution in [0.1, 0.15) is 31.8 Å². The van der Waals surface area contributed by atoms with Gasteiger partial charge in [-0.05, 0) is 55.0 Å². The number of hydrogen-bond donors (Lipinski definition) is 1. The molecule has 0 saturated heterocycles. The first-order valence-electron chi connectivity index (χ1n) is 8.39. The smallest absolute Gasteiger partial charge is 0.255 e. The van der Waals surface area contributed by atoms with Crippen molar-refractivity contribution in [3.63, 3.8) is 0 Å². The van der Waals surface area contributed by atoms with Crippen molar-refractivity contribution in [2.24, 2.45) is 0 Å². The Bertz CT molecular complexity index is 1270. The first-order valence-corrected chi connectivity index (χ1v) is 10.3. The molecule has 7 heteroatoms. The summed E-state index contributed by atoms with van der Waals surface area (Å²) in [5, 5.41) is 3.20. The molecule has 1 heterocycles. The summed E-state index contributed by atoms with van der Waals surface area (Å²) in [6, 6.07) is 15.2. The monoisotopic (exact) mass is 411 g/mol. The highest BCUT2D eigenvalue weighted by molar-refractivity contribution is 7.91. The van der Waals surface area contributed by atoms with Gasteiger partial charge in [-0.3, -0.25) is 9.59 Å². The Balaban J connectivity index is 1.77. The second kappa shape index (κ2) is 6.58. The normalized spacial score (nSPS) is 14.1. The van der Waals surface area contributed by atoms with Crippen LogP contribution in [0.25, 0.3) is 0 Å². The summed E-state index contributed by atoms with van der Waals surface area (Å²) in [6.07, 6.45) is 0. The van der Waals surface area contributed by atoms with E-state index in [0.717, 1.165) is 5.56 Å². The van der Waals surface area contributed by atoms with E-state index in [4.69, 9.17) is 11.6 Å². The van der Waals surface area contributed by atoms with Crippen LogP contribution in [0, 0.1) is 6.92 Å². The molecule has 28 heavy (non-hydrogen) atoms. The van der Waals surface area contributed by atoms with Gasteiger partial charge in [-0.15, -0.1) is 0 Å². The van der Waals surface area contributed by atoms with Crippen LogP contribution < -0.4 is 5.32 Å². The number of anilines is 1. The van der Waals surface area contributed by atoms with Gasteiger partial charge in [0.05, 0.1) is 9.79 Å². The first-order chi connectivity index (χ1) is 13.3. The number of aryl methyl sites for hydroxylation is 1. The molecule has 0 unspecified atom stereocenters. The highest BCUT2D eigenvalue weighted by Gasteiger charge is 2.35. The summed E-state index contributed by atoms with van der Waals surface area (Å²) in [6.45, 7) is 1.82. The number of sulfone groups is 1. The van der Waals surface area contributed by atoms with Crippen LogP contribution >= 0.6 is 11.6 Å². The lowest BCUT2D eigenvalue weighted by Gasteiger charge is -2.19. The second-order valence-corrected chi connectivity index (χ2v) is 8.78. The number of halogens is 1. The molecule has 1 N–H and O–H groups in total. The molecule has 140 valence electrons. The molecule has 1 aliphatic rings. The van der Waals surface area contributed by atoms with E-state index >= 15 is 0 Å². The van der Waals surface area contributed by atoms with Crippen LogP contribution in [-0.2, 0) is 9.84 Å². The van der Waals surface area contributed by atoms with Crippen LogP contribution in [0.15, 0.2) is 70.5 Å². The van der Waals surface area contributed by atoms with Crippen LogP contribution in [0.5, 0.6) is 0 Å². The predicted molar refractivity (Wildman–Crippen MR) is 106 cm³/mol. The maximum absolute atomic E-state index is 13.0. The van der Waals surface area contributed by atoms with Crippen LogP contribution in [0.3, 0.4) is 0 Å². The van der Waals surface area contributed by atoms with Gasteiger partial charge in [-0.25, -0.2) is 8.42 Å². The average Bonchev–Trinajstić information content (AvgIpc) is 2.69. The van der Waals surface area contributed by atoms with E-state index in [1.165, 1.54) is 30.3 Å². The second-order valence-electron chi connectivity index (χ2n) is 6.45. The number of amides is 1. The number of rotatable bonds is 2. The molecule has 0 aromatic heterocycles. The Morgan fingerprint density at radius 3 is 2.43 bits per heavy atom. The lowest BCUT2D eigenvalue weighted by molar-refractivity contribution is 0.101. The molecule has 0 atom stereocenters. The molecule has 5 nitrogen and oxygen atoms in total. The Morgan fingerprint density at radius 2 is 1.64 bits per heavy atom. The minimum Gasteiger partial charge on any atom is -0.322 e. The van der Waals surface area contributed by atoms with Gasteiger partial charge in [0, 0.05) is 27.4 Å². The van der Waals surface area contributed by atoms with Crippen molar-refractivity contribution < 1.29 is 18.0 Å². The molecule has 0 fully saturated rings. The van der Waals surface area contributed by atoms with Crippen molar-refractivity contribution in [2.45, 2.75) is 16.7 Å². The number of hydrogen-bond acceptors (Lipinski definition) is 4. The molecule has 0 bridgehead atoms. The zero-order chi connectivity index (χ0) is 20.1. The highest BCUT2D eigenvalue weighted by atomic mass is 35.5. The molecule has 0 spiro atoms. The third-order valence-corrected chi connectivity index (χ3v) is 6.73. The SMILES string of the molecule is Cc1ccc(Cl)cc1NC(=O)c1ccc2c(c1)S(=O)(=O)c1ccccc1C2=O. The molecule has 3 aromatic rings. The largest absolute Gasteiger partial charge is 0.322 e. The third kappa shape index (κ3) is 2.91. The lowest BCUT2D eigenvalue weighted by atomic mass is 10.0. The van der Waals surface area contributed by atoms with Crippen molar-refractivity contribution in [3.05, 3.63) is 87.9 Å². The number of benzene rings is 3. The van der Waals surface area contributed by atoms with Crippen molar-refractivity contribution in [1.82, 2.24) is 0 Å². The summed E-state index contributed by atoms with van der Waals surface area (Å²) >= 11 is 5.97. The molecular weight excluding hydrogens is 398 g/mol. The summed E-state index contributed by atoms with van der Waals surface area (Å²) in [4.78, 5) is 25.1. The number of nitrogens with one attached hydrogen (secondary N) is 1. The van der Waals surface area contributed by atoms with Crippen molar-refractivity contribution in [1.29, 1.82) is 0 Å². The predicted octanol–water partition coefficient (Wildman–Crippen LogP) is 4.28. The number of carbonyl (C=O) groups excluding carboxylic acids is 2. The summed E-state index contributed by atoms with van der Waals surface area (Å²) in [7, 11) is -3.90. The van der Waals surface area contributed by atoms with Gasteiger partial charge >= 0.3 is 0 Å². The molecule has 0 saturated carbocycles. The fourth-order valence-corrected chi connectivity index (χ4v) is 5.00. The molecular formula is C21H14ClNO4S. The maximum Gasteiger partial charge on any atom is 0.255 e. The zero-order valence-electron chi connectivity index (χ0n) is 14.7. The van der Waals surface area contributed by atoms with Gasteiger partial charge in [0.2, 0.25) is 9.84 Å². The number of ketones is 1. The van der Waals surface area contributed by atoms with Gasteiger partial charge in [0.15, 0.2) is 5.78 Å². The summed E-state index contributed by atoms with van der Waals surface area (Å²) in [5.74, 6) is -0.868. The minimum atomic E-state index is -3.90. The topological polar surface area (TPSA) is 80.3 Å². The Labute approximate surface area is 166 Å². The molecule has 4 rings (SSSR count). The van der Waals surface area contributed by atoms with Gasteiger partial charge in [-0.2, -0.15) is 0 Å². The standard InChI is InChI=1S/C21H14ClNO4S/c1-12-6-8-14(22)11-17(12)23-21(25)13-7-9-16-19(10-13)28(26,27)18-5-3-2-4-15(18)20(16)24/h2-11H,1H3,(H,23,25). The van der Waals surface area contributed by atoms with Crippen molar-refractivity contribution in [2.75, 3.05) is 5.32 Å². The van der Waals surface area contributed by atoms with Gasteiger partial charge in [0.25, 0.3) is 5.91 Å². The van der Waals surface area contributed by atoms with Gasteiger partial charge in [-0.1, -0.05) is 29.8 Å². The van der Waals surface area contributed by atoms with E-state index in [1.54, 1.807) is 30.3 Å². The van der Waals surface area contributed by atoms with E-state index < -0.39 is 15.7 Å². The number of carbonyl (C=O) groups is 2. The van der Waals surface area contributed by atoms with Crippen molar-refractivity contribution in [3.8, 4) is 0 Å². The quantitative estimate of drug-likeness (QED) is 0.534. The molecule has 1 aliphatic heterocycles. The first kappa shape index (κ1) is 18.4. The van der Waals surface area contributed by atoms with E-state index in [0.29, 0.717) is 10.7 Å². The lowest BCUT2D eigenvalue weighted by Crippen LogP contribution is -2.21. The Morgan fingerprint density at radius 1 is 0.929 bits per heavy atom. The minimum absolute atomic E-state index is 0.0456. The zero-order valence-corrected chi connectivity index (χ0v) is 16.3. The Kier molecular flexibility index (Phi) is 4.33. The third-order valence-electron chi connectivity index (χ3n) is 4.65. The highest BCUT2D eigenvalue weighted by Crippen LogP contribution is 2.35.